The second kappa shape index (κ2) is 7.37. The lowest BCUT2D eigenvalue weighted by atomic mass is 10.1. The fourth-order valence-electron chi connectivity index (χ4n) is 1.87. The third kappa shape index (κ3) is 4.01. The van der Waals surface area contributed by atoms with E-state index in [1.807, 2.05) is 0 Å². The first-order valence-corrected chi connectivity index (χ1v) is 6.39. The first kappa shape index (κ1) is 16.6. The van der Waals surface area contributed by atoms with E-state index in [1.54, 1.807) is 32.2 Å². The van der Waals surface area contributed by atoms with Crippen LogP contribution in [0.5, 0.6) is 11.5 Å². The molecule has 0 heterocycles. The molecule has 3 N–H and O–H groups in total. The number of amidine groups is 1. The van der Waals surface area contributed by atoms with Crippen molar-refractivity contribution in [2.45, 2.75) is 6.92 Å². The molecule has 7 nitrogen and oxygen atoms in total. The summed E-state index contributed by atoms with van der Waals surface area (Å²) in [7, 11) is 4.67. The summed E-state index contributed by atoms with van der Waals surface area (Å²) in [5.74, 6) is 0.609. The lowest BCUT2D eigenvalue weighted by molar-refractivity contribution is 0.0782. The molecule has 1 aromatic carbocycles. The molecule has 1 amide bonds. The Labute approximate surface area is 123 Å². The average Bonchev–Trinajstić information content (AvgIpc) is 2.52. The van der Waals surface area contributed by atoms with E-state index in [9.17, 15) is 4.79 Å². The predicted molar refractivity (Wildman–Crippen MR) is 79.1 cm³/mol. The van der Waals surface area contributed by atoms with Crippen molar-refractivity contribution in [3.8, 4) is 11.5 Å². The molecule has 1 unspecified atom stereocenters. The van der Waals surface area contributed by atoms with Crippen LogP contribution in [-0.4, -0.2) is 49.7 Å². The molecule has 1 rings (SSSR count). The van der Waals surface area contributed by atoms with Gasteiger partial charge in [0.15, 0.2) is 0 Å². The van der Waals surface area contributed by atoms with Gasteiger partial charge < -0.3 is 25.3 Å². The maximum absolute atomic E-state index is 12.5. The molecule has 7 heteroatoms. The molecule has 0 aliphatic rings. The molecule has 0 radical (unpaired) electrons. The highest BCUT2D eigenvalue weighted by Crippen LogP contribution is 2.25. The van der Waals surface area contributed by atoms with Crippen LogP contribution < -0.4 is 15.2 Å². The molecular weight excluding hydrogens is 274 g/mol. The first-order chi connectivity index (χ1) is 9.94. The van der Waals surface area contributed by atoms with Crippen molar-refractivity contribution in [2.24, 2.45) is 16.8 Å². The lowest BCUT2D eigenvalue weighted by Gasteiger charge is -2.22. The maximum Gasteiger partial charge on any atom is 0.257 e. The summed E-state index contributed by atoms with van der Waals surface area (Å²) in [5.41, 5.74) is 5.92. The number of oxime groups is 1. The smallest absolute Gasteiger partial charge is 0.257 e. The third-order valence-corrected chi connectivity index (χ3v) is 3.15. The van der Waals surface area contributed by atoms with Crippen LogP contribution in [0, 0.1) is 5.92 Å². The molecule has 1 atom stereocenters. The van der Waals surface area contributed by atoms with Crippen LogP contribution in [-0.2, 0) is 0 Å². The van der Waals surface area contributed by atoms with Gasteiger partial charge in [0.05, 0.1) is 19.8 Å². The fraction of sp³-hybridized carbons (Fsp3) is 0.429. The summed E-state index contributed by atoms with van der Waals surface area (Å²) in [4.78, 5) is 14.0. The van der Waals surface area contributed by atoms with E-state index < -0.39 is 0 Å². The van der Waals surface area contributed by atoms with Crippen LogP contribution in [0.4, 0.5) is 0 Å². The van der Waals surface area contributed by atoms with Gasteiger partial charge in [-0.1, -0.05) is 12.1 Å². The Bertz CT molecular complexity index is 531. The quantitative estimate of drug-likeness (QED) is 0.355. The highest BCUT2D eigenvalue weighted by atomic mass is 16.5. The van der Waals surface area contributed by atoms with Crippen LogP contribution in [0.1, 0.15) is 17.3 Å². The summed E-state index contributed by atoms with van der Waals surface area (Å²) >= 11 is 0. The largest absolute Gasteiger partial charge is 0.497 e. The number of nitrogens with two attached hydrogens (primary N) is 1. The van der Waals surface area contributed by atoms with Crippen LogP contribution >= 0.6 is 0 Å². The highest BCUT2D eigenvalue weighted by Gasteiger charge is 2.20. The van der Waals surface area contributed by atoms with Crippen molar-refractivity contribution in [3.63, 3.8) is 0 Å². The third-order valence-electron chi connectivity index (χ3n) is 3.15. The fourth-order valence-corrected chi connectivity index (χ4v) is 1.87. The Morgan fingerprint density at radius 3 is 2.62 bits per heavy atom. The summed E-state index contributed by atoms with van der Waals surface area (Å²) < 4.78 is 10.3. The van der Waals surface area contributed by atoms with Crippen LogP contribution in [0.3, 0.4) is 0 Å². The van der Waals surface area contributed by atoms with Gasteiger partial charge in [-0.25, -0.2) is 0 Å². The number of nitrogens with zero attached hydrogens (tertiary/aromatic N) is 2. The number of amides is 1. The number of methoxy groups -OCH3 is 2. The maximum atomic E-state index is 12.5. The van der Waals surface area contributed by atoms with Gasteiger partial charge in [-0.15, -0.1) is 0 Å². The van der Waals surface area contributed by atoms with E-state index in [0.717, 1.165) is 0 Å². The number of carbonyl (C=O) groups excluding carboxylic acids is 1. The normalized spacial score (nSPS) is 12.7. The number of carbonyl (C=O) groups is 1. The second-order valence-electron chi connectivity index (χ2n) is 4.68. The van der Waals surface area contributed by atoms with E-state index in [1.165, 1.54) is 19.1 Å². The molecule has 21 heavy (non-hydrogen) atoms. The van der Waals surface area contributed by atoms with Gasteiger partial charge in [0.2, 0.25) is 0 Å². The van der Waals surface area contributed by atoms with Gasteiger partial charge in [0.25, 0.3) is 5.91 Å². The standard InChI is InChI=1S/C14H21N3O4/c1-9(13(15)16-19)8-17(2)14(18)11-7-10(20-3)5-6-12(11)21-4/h5-7,9,19H,8H2,1-4H3,(H2,15,16). The summed E-state index contributed by atoms with van der Waals surface area (Å²) in [5, 5.41) is 11.6. The Morgan fingerprint density at radius 2 is 2.10 bits per heavy atom. The van der Waals surface area contributed by atoms with Gasteiger partial charge in [0.1, 0.15) is 17.3 Å². The Balaban J connectivity index is 2.96. The molecule has 0 spiro atoms. The van der Waals surface area contributed by atoms with E-state index >= 15 is 0 Å². The van der Waals surface area contributed by atoms with Crippen molar-refractivity contribution in [1.29, 1.82) is 0 Å². The molecule has 0 aliphatic carbocycles. The summed E-state index contributed by atoms with van der Waals surface area (Å²) in [6.07, 6.45) is 0. The van der Waals surface area contributed by atoms with Gasteiger partial charge in [0, 0.05) is 19.5 Å². The second-order valence-corrected chi connectivity index (χ2v) is 4.68. The molecule has 1 aromatic rings. The minimum Gasteiger partial charge on any atom is -0.497 e. The number of benzene rings is 1. The summed E-state index contributed by atoms with van der Waals surface area (Å²) in [6.45, 7) is 2.08. The molecule has 0 aliphatic heterocycles. The molecule has 0 aromatic heterocycles. The van der Waals surface area contributed by atoms with Crippen LogP contribution in [0.25, 0.3) is 0 Å². The van der Waals surface area contributed by atoms with Crippen molar-refractivity contribution in [3.05, 3.63) is 23.8 Å². The average molecular weight is 295 g/mol. The van der Waals surface area contributed by atoms with Crippen molar-refractivity contribution in [2.75, 3.05) is 27.8 Å². The minimum atomic E-state index is -0.263. The molecule has 0 saturated carbocycles. The molecule has 116 valence electrons. The molecule has 0 saturated heterocycles. The van der Waals surface area contributed by atoms with E-state index in [-0.39, 0.29) is 17.7 Å². The zero-order valence-corrected chi connectivity index (χ0v) is 12.7. The topological polar surface area (TPSA) is 97.4 Å². The number of rotatable bonds is 6. The van der Waals surface area contributed by atoms with Gasteiger partial charge in [-0.05, 0) is 18.2 Å². The van der Waals surface area contributed by atoms with Gasteiger partial charge in [-0.3, -0.25) is 4.79 Å². The van der Waals surface area contributed by atoms with Crippen molar-refractivity contribution >= 4 is 11.7 Å². The van der Waals surface area contributed by atoms with Gasteiger partial charge >= 0.3 is 0 Å². The van der Waals surface area contributed by atoms with E-state index in [4.69, 9.17) is 20.4 Å². The highest BCUT2D eigenvalue weighted by molar-refractivity contribution is 5.97. The Kier molecular flexibility index (Phi) is 5.83. The number of hydrogen-bond acceptors (Lipinski definition) is 5. The molecule has 0 bridgehead atoms. The van der Waals surface area contributed by atoms with Crippen molar-refractivity contribution in [1.82, 2.24) is 4.90 Å². The number of ether oxygens (including phenoxy) is 2. The van der Waals surface area contributed by atoms with Crippen molar-refractivity contribution < 1.29 is 19.5 Å². The zero-order valence-electron chi connectivity index (χ0n) is 12.7. The SMILES string of the molecule is COc1ccc(OC)c(C(=O)N(C)CC(C)C(N)=NO)c1. The van der Waals surface area contributed by atoms with Crippen LogP contribution in [0.15, 0.2) is 23.4 Å². The predicted octanol–water partition coefficient (Wildman–Crippen LogP) is 1.16. The molecule has 0 fully saturated rings. The number of hydrogen-bond donors (Lipinski definition) is 2. The monoisotopic (exact) mass is 295 g/mol. The Morgan fingerprint density at radius 1 is 1.43 bits per heavy atom. The van der Waals surface area contributed by atoms with Crippen LogP contribution in [0.2, 0.25) is 0 Å². The minimum absolute atomic E-state index is 0.0762. The Hall–Kier alpha value is -2.44. The zero-order chi connectivity index (χ0) is 16.0. The van der Waals surface area contributed by atoms with E-state index in [0.29, 0.717) is 23.6 Å². The lowest BCUT2D eigenvalue weighted by Crippen LogP contribution is -2.36. The van der Waals surface area contributed by atoms with Gasteiger partial charge in [-0.2, -0.15) is 0 Å². The molecular formula is C14H21N3O4. The first-order valence-electron chi connectivity index (χ1n) is 6.39. The van der Waals surface area contributed by atoms with E-state index in [2.05, 4.69) is 5.16 Å². The summed E-state index contributed by atoms with van der Waals surface area (Å²) in [6, 6.07) is 5.01.